The van der Waals surface area contributed by atoms with Crippen LogP contribution in [-0.4, -0.2) is 30.8 Å². The van der Waals surface area contributed by atoms with E-state index in [4.69, 9.17) is 13.9 Å². The molecule has 142 valence electrons. The molecular weight excluding hydrogens is 348 g/mol. The summed E-state index contributed by atoms with van der Waals surface area (Å²) in [5, 5.41) is 4.24. The van der Waals surface area contributed by atoms with Gasteiger partial charge in [-0.05, 0) is 38.8 Å². The van der Waals surface area contributed by atoms with Crippen LogP contribution in [0.4, 0.5) is 0 Å². The summed E-state index contributed by atoms with van der Waals surface area (Å²) in [4.78, 5) is 24.0. The Morgan fingerprint density at radius 1 is 1.22 bits per heavy atom. The fraction of sp³-hybridized carbons (Fsp3) is 0.350. The molecule has 0 bridgehead atoms. The summed E-state index contributed by atoms with van der Waals surface area (Å²) in [5.41, 5.74) is 4.69. The molecule has 0 atom stereocenters. The highest BCUT2D eigenvalue weighted by Gasteiger charge is 2.28. The van der Waals surface area contributed by atoms with Crippen molar-refractivity contribution < 1.29 is 23.5 Å². The standard InChI is InChI=1S/C20H22N2O5/c1-3-25-20(24)19-13(2)18-15(10-7-11-16(18)27-19)21-22-17(23)12-26-14-8-5-4-6-9-14/h4-6,8-9H,3,7,10-12H2,1-2H3,(H,22,23)/b21-15+. The normalized spacial score (nSPS) is 14.5. The lowest BCUT2D eigenvalue weighted by molar-refractivity contribution is -0.123. The van der Waals surface area contributed by atoms with E-state index in [1.54, 1.807) is 26.0 Å². The molecule has 0 fully saturated rings. The van der Waals surface area contributed by atoms with Gasteiger partial charge in [0.2, 0.25) is 5.76 Å². The lowest BCUT2D eigenvalue weighted by Gasteiger charge is -2.13. The molecule has 3 rings (SSSR count). The van der Waals surface area contributed by atoms with Crippen LogP contribution in [0, 0.1) is 6.92 Å². The zero-order valence-electron chi connectivity index (χ0n) is 15.4. The van der Waals surface area contributed by atoms with Crippen LogP contribution >= 0.6 is 0 Å². The first-order valence-electron chi connectivity index (χ1n) is 8.93. The first kappa shape index (κ1) is 18.7. The van der Waals surface area contributed by atoms with Crippen molar-refractivity contribution in [1.82, 2.24) is 5.43 Å². The number of ether oxygens (including phenoxy) is 2. The van der Waals surface area contributed by atoms with Crippen molar-refractivity contribution in [2.45, 2.75) is 33.1 Å². The van der Waals surface area contributed by atoms with E-state index in [1.165, 1.54) is 0 Å². The van der Waals surface area contributed by atoms with Crippen LogP contribution in [0.5, 0.6) is 5.75 Å². The lowest BCUT2D eigenvalue weighted by atomic mass is 9.93. The number of hydrogen-bond donors (Lipinski definition) is 1. The van der Waals surface area contributed by atoms with Gasteiger partial charge in [0, 0.05) is 17.5 Å². The maximum Gasteiger partial charge on any atom is 0.374 e. The van der Waals surface area contributed by atoms with E-state index in [-0.39, 0.29) is 24.9 Å². The predicted octanol–water partition coefficient (Wildman–Crippen LogP) is 3.00. The van der Waals surface area contributed by atoms with Crippen LogP contribution in [0.2, 0.25) is 0 Å². The second kappa shape index (κ2) is 8.53. The number of furan rings is 1. The molecule has 0 saturated heterocycles. The maximum atomic E-state index is 12.0. The molecule has 7 heteroatoms. The first-order valence-corrected chi connectivity index (χ1v) is 8.93. The minimum atomic E-state index is -0.482. The molecule has 7 nitrogen and oxygen atoms in total. The minimum absolute atomic E-state index is 0.133. The van der Waals surface area contributed by atoms with Crippen LogP contribution in [0.25, 0.3) is 0 Å². The topological polar surface area (TPSA) is 90.1 Å². The van der Waals surface area contributed by atoms with Crippen molar-refractivity contribution in [3.63, 3.8) is 0 Å². The summed E-state index contributed by atoms with van der Waals surface area (Å²) < 4.78 is 16.1. The van der Waals surface area contributed by atoms with Crippen LogP contribution in [0.1, 0.15) is 47.2 Å². The van der Waals surface area contributed by atoms with Crippen molar-refractivity contribution in [2.24, 2.45) is 5.10 Å². The summed E-state index contributed by atoms with van der Waals surface area (Å²) in [6, 6.07) is 9.09. The molecule has 0 aliphatic heterocycles. The molecule has 0 spiro atoms. The van der Waals surface area contributed by atoms with Gasteiger partial charge in [0.1, 0.15) is 11.5 Å². The monoisotopic (exact) mass is 370 g/mol. The molecule has 0 radical (unpaired) electrons. The van der Waals surface area contributed by atoms with Crippen LogP contribution in [0.15, 0.2) is 39.9 Å². The van der Waals surface area contributed by atoms with Crippen molar-refractivity contribution in [1.29, 1.82) is 0 Å². The number of amides is 1. The van der Waals surface area contributed by atoms with E-state index in [0.717, 1.165) is 18.4 Å². The fourth-order valence-corrected chi connectivity index (χ4v) is 3.00. The number of hydrazone groups is 1. The Kier molecular flexibility index (Phi) is 5.90. The van der Waals surface area contributed by atoms with Gasteiger partial charge in [-0.15, -0.1) is 0 Å². The van der Waals surface area contributed by atoms with Gasteiger partial charge in [-0.1, -0.05) is 18.2 Å². The van der Waals surface area contributed by atoms with Gasteiger partial charge in [0.25, 0.3) is 5.91 Å². The Morgan fingerprint density at radius 3 is 2.74 bits per heavy atom. The molecule has 1 aliphatic rings. The van der Waals surface area contributed by atoms with Gasteiger partial charge >= 0.3 is 5.97 Å². The van der Waals surface area contributed by atoms with E-state index >= 15 is 0 Å². The van der Waals surface area contributed by atoms with Crippen molar-refractivity contribution in [3.05, 3.63) is 53.0 Å². The number of para-hydroxylation sites is 1. The molecule has 0 unspecified atom stereocenters. The quantitative estimate of drug-likeness (QED) is 0.624. The van der Waals surface area contributed by atoms with E-state index in [0.29, 0.717) is 29.2 Å². The Balaban J connectivity index is 1.69. The third-order valence-electron chi connectivity index (χ3n) is 4.22. The Labute approximate surface area is 157 Å². The van der Waals surface area contributed by atoms with Crippen LogP contribution < -0.4 is 10.2 Å². The highest BCUT2D eigenvalue weighted by molar-refractivity contribution is 6.06. The Morgan fingerprint density at radius 2 is 2.00 bits per heavy atom. The highest BCUT2D eigenvalue weighted by atomic mass is 16.5. The number of hydrogen-bond acceptors (Lipinski definition) is 6. The summed E-state index contributed by atoms with van der Waals surface area (Å²) in [6.45, 7) is 3.69. The highest BCUT2D eigenvalue weighted by Crippen LogP contribution is 2.30. The van der Waals surface area contributed by atoms with Crippen molar-refractivity contribution in [2.75, 3.05) is 13.2 Å². The number of benzene rings is 1. The number of esters is 1. The maximum absolute atomic E-state index is 12.0. The van der Waals surface area contributed by atoms with E-state index in [2.05, 4.69) is 10.5 Å². The van der Waals surface area contributed by atoms with Gasteiger partial charge in [0.05, 0.1) is 12.3 Å². The largest absolute Gasteiger partial charge is 0.484 e. The molecule has 1 amide bonds. The van der Waals surface area contributed by atoms with Crippen LogP contribution in [0.3, 0.4) is 0 Å². The summed E-state index contributed by atoms with van der Waals surface area (Å²) >= 11 is 0. The first-order chi connectivity index (χ1) is 13.1. The minimum Gasteiger partial charge on any atom is -0.484 e. The molecule has 1 aliphatic carbocycles. The number of nitrogens with zero attached hydrogens (tertiary/aromatic N) is 1. The zero-order valence-corrected chi connectivity index (χ0v) is 15.4. The molecule has 1 N–H and O–H groups in total. The molecule has 2 aromatic rings. The molecule has 1 heterocycles. The summed E-state index contributed by atoms with van der Waals surface area (Å²) in [7, 11) is 0. The van der Waals surface area contributed by atoms with Gasteiger partial charge in [-0.2, -0.15) is 5.10 Å². The number of carbonyl (C=O) groups excluding carboxylic acids is 2. The summed E-state index contributed by atoms with van der Waals surface area (Å²) in [6.07, 6.45) is 2.24. The lowest BCUT2D eigenvalue weighted by Crippen LogP contribution is -2.27. The van der Waals surface area contributed by atoms with E-state index in [9.17, 15) is 9.59 Å². The average molecular weight is 370 g/mol. The van der Waals surface area contributed by atoms with E-state index < -0.39 is 5.97 Å². The van der Waals surface area contributed by atoms with Gasteiger partial charge in [0.15, 0.2) is 6.61 Å². The number of aryl methyl sites for hydroxylation is 1. The summed E-state index contributed by atoms with van der Waals surface area (Å²) in [5.74, 6) is 0.685. The third-order valence-corrected chi connectivity index (χ3v) is 4.22. The molecule has 1 aromatic heterocycles. The smallest absolute Gasteiger partial charge is 0.374 e. The molecule has 27 heavy (non-hydrogen) atoms. The molecular formula is C20H22N2O5. The van der Waals surface area contributed by atoms with Crippen molar-refractivity contribution >= 4 is 17.6 Å². The molecule has 0 saturated carbocycles. The SMILES string of the molecule is CCOC(=O)c1oc2c(c1C)/C(=N/NC(=O)COc1ccccc1)CCC2. The van der Waals surface area contributed by atoms with E-state index in [1.807, 2.05) is 18.2 Å². The van der Waals surface area contributed by atoms with Gasteiger partial charge in [-0.25, -0.2) is 10.2 Å². The number of rotatable bonds is 6. The Hall–Kier alpha value is -3.09. The Bertz CT molecular complexity index is 855. The van der Waals surface area contributed by atoms with Gasteiger partial charge in [-0.3, -0.25) is 4.79 Å². The average Bonchev–Trinajstić information content (AvgIpc) is 3.03. The van der Waals surface area contributed by atoms with Crippen molar-refractivity contribution in [3.8, 4) is 5.75 Å². The number of fused-ring (bicyclic) bond motifs is 1. The van der Waals surface area contributed by atoms with Gasteiger partial charge < -0.3 is 13.9 Å². The molecule has 1 aromatic carbocycles. The predicted molar refractivity (Wildman–Crippen MR) is 99.0 cm³/mol. The zero-order chi connectivity index (χ0) is 19.2. The second-order valence-electron chi connectivity index (χ2n) is 6.12. The second-order valence-corrected chi connectivity index (χ2v) is 6.12. The van der Waals surface area contributed by atoms with Crippen LogP contribution in [-0.2, 0) is 16.0 Å². The third kappa shape index (κ3) is 4.36. The number of carbonyl (C=O) groups is 2. The number of nitrogens with one attached hydrogen (secondary N) is 1. The fourth-order valence-electron chi connectivity index (χ4n) is 3.00.